The van der Waals surface area contributed by atoms with Gasteiger partial charge < -0.3 is 20.8 Å². The molecule has 0 radical (unpaired) electrons. The van der Waals surface area contributed by atoms with E-state index < -0.39 is 0 Å². The second-order valence-electron chi connectivity index (χ2n) is 5.09. The SMILES string of the molecule is N=CCCCn1cc(-c2ccc(O)cc2)c2c(N)ncnc21. The number of phenolic OH excluding ortho intramolecular Hbond substituents is 1. The number of aromatic nitrogens is 3. The van der Waals surface area contributed by atoms with Crippen LogP contribution in [0, 0.1) is 5.41 Å². The first-order valence-corrected chi connectivity index (χ1v) is 7.08. The molecule has 1 aromatic carbocycles. The van der Waals surface area contributed by atoms with Crippen molar-refractivity contribution >= 4 is 23.1 Å². The second kappa shape index (κ2) is 5.85. The van der Waals surface area contributed by atoms with E-state index in [0.29, 0.717) is 5.82 Å². The number of nitrogens with one attached hydrogen (secondary N) is 1. The topological polar surface area (TPSA) is 101 Å². The van der Waals surface area contributed by atoms with E-state index in [9.17, 15) is 5.11 Å². The molecule has 2 aromatic heterocycles. The smallest absolute Gasteiger partial charge is 0.146 e. The van der Waals surface area contributed by atoms with Crippen molar-refractivity contribution in [3.8, 4) is 16.9 Å². The highest BCUT2D eigenvalue weighted by Gasteiger charge is 2.14. The molecule has 4 N–H and O–H groups in total. The predicted octanol–water partition coefficient (Wildman–Crippen LogP) is 2.82. The van der Waals surface area contributed by atoms with Gasteiger partial charge in [-0.3, -0.25) is 0 Å². The zero-order valence-corrected chi connectivity index (χ0v) is 12.0. The molecular formula is C16H17N5O. The molecule has 22 heavy (non-hydrogen) atoms. The number of phenols is 1. The minimum absolute atomic E-state index is 0.225. The third-order valence-corrected chi connectivity index (χ3v) is 3.61. The van der Waals surface area contributed by atoms with E-state index in [-0.39, 0.29) is 5.75 Å². The molecule has 0 atom stereocenters. The zero-order chi connectivity index (χ0) is 15.5. The normalized spacial score (nSPS) is 10.9. The van der Waals surface area contributed by atoms with Gasteiger partial charge in [0.25, 0.3) is 0 Å². The molecule has 0 amide bonds. The first-order valence-electron chi connectivity index (χ1n) is 7.08. The third-order valence-electron chi connectivity index (χ3n) is 3.61. The Morgan fingerprint density at radius 2 is 2.00 bits per heavy atom. The number of nitrogens with zero attached hydrogens (tertiary/aromatic N) is 3. The van der Waals surface area contributed by atoms with E-state index in [2.05, 4.69) is 9.97 Å². The molecule has 0 bridgehead atoms. The first kappa shape index (κ1) is 14.1. The lowest BCUT2D eigenvalue weighted by atomic mass is 10.1. The minimum atomic E-state index is 0.225. The fourth-order valence-electron chi connectivity index (χ4n) is 2.54. The summed E-state index contributed by atoms with van der Waals surface area (Å²) in [6.07, 6.45) is 6.48. The van der Waals surface area contributed by atoms with Gasteiger partial charge in [-0.05, 0) is 36.8 Å². The van der Waals surface area contributed by atoms with Crippen LogP contribution < -0.4 is 5.73 Å². The number of hydrogen-bond acceptors (Lipinski definition) is 5. The van der Waals surface area contributed by atoms with Gasteiger partial charge in [-0.15, -0.1) is 0 Å². The van der Waals surface area contributed by atoms with Gasteiger partial charge in [0.15, 0.2) is 0 Å². The molecule has 0 saturated carbocycles. The van der Waals surface area contributed by atoms with Crippen LogP contribution in [0.1, 0.15) is 12.8 Å². The predicted molar refractivity (Wildman–Crippen MR) is 87.1 cm³/mol. The Balaban J connectivity index is 2.13. The molecule has 2 heterocycles. The summed E-state index contributed by atoms with van der Waals surface area (Å²) in [5.41, 5.74) is 8.74. The lowest BCUT2D eigenvalue weighted by Crippen LogP contribution is -1.99. The van der Waals surface area contributed by atoms with Crippen molar-refractivity contribution in [2.45, 2.75) is 19.4 Å². The minimum Gasteiger partial charge on any atom is -0.508 e. The second-order valence-corrected chi connectivity index (χ2v) is 5.09. The van der Waals surface area contributed by atoms with Gasteiger partial charge in [-0.2, -0.15) is 0 Å². The van der Waals surface area contributed by atoms with Crippen molar-refractivity contribution in [1.82, 2.24) is 14.5 Å². The van der Waals surface area contributed by atoms with Crippen LogP contribution in [0.25, 0.3) is 22.2 Å². The summed E-state index contributed by atoms with van der Waals surface area (Å²) < 4.78 is 2.04. The maximum atomic E-state index is 9.44. The lowest BCUT2D eigenvalue weighted by molar-refractivity contribution is 0.475. The highest BCUT2D eigenvalue weighted by atomic mass is 16.3. The van der Waals surface area contributed by atoms with Gasteiger partial charge >= 0.3 is 0 Å². The number of anilines is 1. The molecule has 0 spiro atoms. The molecule has 3 rings (SSSR count). The van der Waals surface area contributed by atoms with E-state index in [1.807, 2.05) is 22.9 Å². The number of rotatable bonds is 5. The highest BCUT2D eigenvalue weighted by Crippen LogP contribution is 2.33. The first-order chi connectivity index (χ1) is 10.7. The average molecular weight is 295 g/mol. The Labute approximate surface area is 127 Å². The Morgan fingerprint density at radius 1 is 1.23 bits per heavy atom. The van der Waals surface area contributed by atoms with Gasteiger partial charge in [0.05, 0.1) is 5.39 Å². The summed E-state index contributed by atoms with van der Waals surface area (Å²) in [4.78, 5) is 8.44. The van der Waals surface area contributed by atoms with Crippen molar-refractivity contribution in [2.24, 2.45) is 0 Å². The lowest BCUT2D eigenvalue weighted by Gasteiger charge is -2.02. The molecule has 6 heteroatoms. The maximum absolute atomic E-state index is 9.44. The van der Waals surface area contributed by atoms with Crippen LogP contribution in [0.15, 0.2) is 36.8 Å². The summed E-state index contributed by atoms with van der Waals surface area (Å²) in [5.74, 6) is 0.668. The molecule has 6 nitrogen and oxygen atoms in total. The number of aryl methyl sites for hydroxylation is 1. The van der Waals surface area contributed by atoms with Gasteiger partial charge in [0.1, 0.15) is 23.5 Å². The molecule has 0 saturated heterocycles. The molecule has 0 aliphatic rings. The van der Waals surface area contributed by atoms with Crippen LogP contribution in [-0.2, 0) is 6.54 Å². The van der Waals surface area contributed by atoms with E-state index in [1.165, 1.54) is 12.5 Å². The van der Waals surface area contributed by atoms with Crippen LogP contribution >= 0.6 is 0 Å². The van der Waals surface area contributed by atoms with Crippen LogP contribution in [0.3, 0.4) is 0 Å². The number of hydrogen-bond donors (Lipinski definition) is 3. The monoisotopic (exact) mass is 295 g/mol. The molecular weight excluding hydrogens is 278 g/mol. The van der Waals surface area contributed by atoms with Crippen molar-refractivity contribution in [1.29, 1.82) is 5.41 Å². The largest absolute Gasteiger partial charge is 0.508 e. The summed E-state index contributed by atoms with van der Waals surface area (Å²) in [5, 5.41) is 17.4. The quantitative estimate of drug-likeness (QED) is 0.497. The van der Waals surface area contributed by atoms with Gasteiger partial charge in [0.2, 0.25) is 0 Å². The Hall–Kier alpha value is -2.89. The van der Waals surface area contributed by atoms with Gasteiger partial charge in [0, 0.05) is 18.3 Å². The number of fused-ring (bicyclic) bond motifs is 1. The summed E-state index contributed by atoms with van der Waals surface area (Å²) in [6, 6.07) is 6.98. The molecule has 0 unspecified atom stereocenters. The van der Waals surface area contributed by atoms with Gasteiger partial charge in [-0.1, -0.05) is 12.1 Å². The maximum Gasteiger partial charge on any atom is 0.146 e. The summed E-state index contributed by atoms with van der Waals surface area (Å²) in [7, 11) is 0. The highest BCUT2D eigenvalue weighted by molar-refractivity contribution is 6.00. The van der Waals surface area contributed by atoms with E-state index in [0.717, 1.165) is 41.5 Å². The van der Waals surface area contributed by atoms with Crippen LogP contribution in [-0.4, -0.2) is 25.9 Å². The Bertz CT molecular complexity index is 807. The standard InChI is InChI=1S/C16H17N5O/c17-7-1-2-8-21-9-13(11-3-5-12(22)6-4-11)14-15(18)19-10-20-16(14)21/h3-7,9-10,17,22H,1-2,8H2,(H2,18,19,20). The van der Waals surface area contributed by atoms with Crippen LogP contribution in [0.2, 0.25) is 0 Å². The van der Waals surface area contributed by atoms with Gasteiger partial charge in [-0.25, -0.2) is 9.97 Å². The van der Waals surface area contributed by atoms with Crippen molar-refractivity contribution in [2.75, 3.05) is 5.73 Å². The Morgan fingerprint density at radius 3 is 2.73 bits per heavy atom. The molecule has 0 fully saturated rings. The molecule has 0 aliphatic carbocycles. The third kappa shape index (κ3) is 2.50. The average Bonchev–Trinajstić information content (AvgIpc) is 2.89. The molecule has 112 valence electrons. The van der Waals surface area contributed by atoms with Crippen molar-refractivity contribution in [3.63, 3.8) is 0 Å². The number of aromatic hydroxyl groups is 1. The van der Waals surface area contributed by atoms with Crippen LogP contribution in [0.4, 0.5) is 5.82 Å². The number of nitrogens with two attached hydrogens (primary N) is 1. The number of benzene rings is 1. The number of unbranched alkanes of at least 4 members (excludes halogenated alkanes) is 1. The summed E-state index contributed by atoms with van der Waals surface area (Å²) >= 11 is 0. The summed E-state index contributed by atoms with van der Waals surface area (Å²) in [6.45, 7) is 0.764. The van der Waals surface area contributed by atoms with Crippen LogP contribution in [0.5, 0.6) is 5.75 Å². The number of nitrogen functional groups attached to an aromatic ring is 1. The van der Waals surface area contributed by atoms with E-state index in [1.54, 1.807) is 12.1 Å². The van der Waals surface area contributed by atoms with E-state index >= 15 is 0 Å². The zero-order valence-electron chi connectivity index (χ0n) is 12.0. The van der Waals surface area contributed by atoms with Crippen molar-refractivity contribution in [3.05, 3.63) is 36.8 Å². The van der Waals surface area contributed by atoms with E-state index in [4.69, 9.17) is 11.1 Å². The van der Waals surface area contributed by atoms with Crippen molar-refractivity contribution < 1.29 is 5.11 Å². The molecule has 0 aliphatic heterocycles. The fourth-order valence-corrected chi connectivity index (χ4v) is 2.54. The Kier molecular flexibility index (Phi) is 3.74. The fraction of sp³-hybridized carbons (Fsp3) is 0.188. The molecule has 3 aromatic rings.